The first-order valence-corrected chi connectivity index (χ1v) is 2.11. The SMILES string of the molecule is C[CH]c1cocn1. The lowest BCUT2D eigenvalue weighted by molar-refractivity contribution is 0.557. The first-order chi connectivity index (χ1) is 3.43. The molecule has 1 radical (unpaired) electrons. The van der Waals surface area contributed by atoms with Crippen LogP contribution in [0, 0.1) is 6.42 Å². The zero-order valence-corrected chi connectivity index (χ0v) is 4.09. The van der Waals surface area contributed by atoms with Crippen molar-refractivity contribution in [2.24, 2.45) is 0 Å². The van der Waals surface area contributed by atoms with Crippen molar-refractivity contribution in [1.29, 1.82) is 0 Å². The first-order valence-electron chi connectivity index (χ1n) is 2.11. The smallest absolute Gasteiger partial charge is 0.180 e. The van der Waals surface area contributed by atoms with E-state index in [-0.39, 0.29) is 0 Å². The Balaban J connectivity index is 2.76. The molecule has 2 heteroatoms. The van der Waals surface area contributed by atoms with Crippen molar-refractivity contribution in [2.75, 3.05) is 0 Å². The second-order valence-electron chi connectivity index (χ2n) is 1.20. The van der Waals surface area contributed by atoms with Crippen LogP contribution in [-0.4, -0.2) is 4.98 Å². The molecule has 1 rings (SSSR count). The molecule has 2 nitrogen and oxygen atoms in total. The molecule has 0 N–H and O–H groups in total. The Hall–Kier alpha value is -0.790. The van der Waals surface area contributed by atoms with E-state index in [1.807, 2.05) is 13.3 Å². The van der Waals surface area contributed by atoms with Crippen molar-refractivity contribution in [1.82, 2.24) is 4.98 Å². The van der Waals surface area contributed by atoms with E-state index in [1.54, 1.807) is 6.26 Å². The van der Waals surface area contributed by atoms with Crippen molar-refractivity contribution < 1.29 is 4.42 Å². The van der Waals surface area contributed by atoms with E-state index in [9.17, 15) is 0 Å². The fourth-order valence-corrected chi connectivity index (χ4v) is 0.364. The summed E-state index contributed by atoms with van der Waals surface area (Å²) in [7, 11) is 0. The Morgan fingerprint density at radius 2 is 2.71 bits per heavy atom. The van der Waals surface area contributed by atoms with Crippen molar-refractivity contribution in [2.45, 2.75) is 6.92 Å². The Morgan fingerprint density at radius 3 is 3.00 bits per heavy atom. The zero-order valence-electron chi connectivity index (χ0n) is 4.09. The number of oxazole rings is 1. The molecule has 0 saturated carbocycles. The van der Waals surface area contributed by atoms with Crippen LogP contribution in [-0.2, 0) is 0 Å². The highest BCUT2D eigenvalue weighted by Crippen LogP contribution is 1.94. The van der Waals surface area contributed by atoms with Crippen LogP contribution in [0.3, 0.4) is 0 Å². The van der Waals surface area contributed by atoms with Gasteiger partial charge in [0.15, 0.2) is 6.39 Å². The average molecular weight is 96.1 g/mol. The summed E-state index contributed by atoms with van der Waals surface area (Å²) < 4.78 is 4.66. The van der Waals surface area contributed by atoms with Crippen LogP contribution in [0.25, 0.3) is 0 Å². The molecule has 37 valence electrons. The highest BCUT2D eigenvalue weighted by Gasteiger charge is 1.86. The van der Waals surface area contributed by atoms with Gasteiger partial charge in [0.2, 0.25) is 0 Å². The van der Waals surface area contributed by atoms with E-state index in [4.69, 9.17) is 0 Å². The minimum absolute atomic E-state index is 0.889. The topological polar surface area (TPSA) is 26.0 Å². The van der Waals surface area contributed by atoms with Crippen molar-refractivity contribution >= 4 is 0 Å². The van der Waals surface area contributed by atoms with Crippen LogP contribution in [0.1, 0.15) is 12.6 Å². The van der Waals surface area contributed by atoms with Crippen LogP contribution < -0.4 is 0 Å². The van der Waals surface area contributed by atoms with Gasteiger partial charge in [-0.05, 0) is 0 Å². The molecular weight excluding hydrogens is 90.1 g/mol. The van der Waals surface area contributed by atoms with Gasteiger partial charge in [0.05, 0.1) is 5.69 Å². The lowest BCUT2D eigenvalue weighted by Crippen LogP contribution is -1.70. The molecule has 0 fully saturated rings. The number of rotatable bonds is 1. The molecule has 1 aromatic heterocycles. The van der Waals surface area contributed by atoms with Gasteiger partial charge in [0.25, 0.3) is 0 Å². The molecule has 0 atom stereocenters. The number of hydrogen-bond donors (Lipinski definition) is 0. The molecule has 0 spiro atoms. The average Bonchev–Trinajstić information content (AvgIpc) is 2.14. The van der Waals surface area contributed by atoms with Crippen LogP contribution in [0.2, 0.25) is 0 Å². The predicted molar refractivity (Wildman–Crippen MR) is 25.6 cm³/mol. The van der Waals surface area contributed by atoms with Gasteiger partial charge in [-0.3, -0.25) is 0 Å². The van der Waals surface area contributed by atoms with Gasteiger partial charge in [-0.2, -0.15) is 0 Å². The van der Waals surface area contributed by atoms with Gasteiger partial charge in [0.1, 0.15) is 6.26 Å². The molecule has 0 aliphatic heterocycles. The summed E-state index contributed by atoms with van der Waals surface area (Å²) in [4.78, 5) is 3.81. The summed E-state index contributed by atoms with van der Waals surface area (Å²) in [6.07, 6.45) is 4.89. The summed E-state index contributed by atoms with van der Waals surface area (Å²) in [6.45, 7) is 1.91. The highest BCUT2D eigenvalue weighted by molar-refractivity contribution is 5.01. The van der Waals surface area contributed by atoms with Crippen LogP contribution in [0.5, 0.6) is 0 Å². The summed E-state index contributed by atoms with van der Waals surface area (Å²) >= 11 is 0. The Kier molecular flexibility index (Phi) is 1.11. The van der Waals surface area contributed by atoms with Gasteiger partial charge in [0, 0.05) is 6.42 Å². The van der Waals surface area contributed by atoms with E-state index < -0.39 is 0 Å². The predicted octanol–water partition coefficient (Wildman–Crippen LogP) is 1.25. The third kappa shape index (κ3) is 0.796. The number of hydrogen-bond acceptors (Lipinski definition) is 2. The summed E-state index contributed by atoms with van der Waals surface area (Å²) in [6, 6.07) is 0. The van der Waals surface area contributed by atoms with Crippen molar-refractivity contribution in [3.63, 3.8) is 0 Å². The van der Waals surface area contributed by atoms with Gasteiger partial charge in [-0.1, -0.05) is 6.92 Å². The van der Waals surface area contributed by atoms with Gasteiger partial charge < -0.3 is 4.42 Å². The van der Waals surface area contributed by atoms with E-state index >= 15 is 0 Å². The summed E-state index contributed by atoms with van der Waals surface area (Å²) in [5.41, 5.74) is 0.889. The molecule has 0 aliphatic rings. The quantitative estimate of drug-likeness (QED) is 0.525. The van der Waals surface area contributed by atoms with Crippen LogP contribution in [0.15, 0.2) is 17.1 Å². The minimum atomic E-state index is 0.889. The van der Waals surface area contributed by atoms with Gasteiger partial charge in [-0.25, -0.2) is 4.98 Å². The van der Waals surface area contributed by atoms with Crippen molar-refractivity contribution in [3.05, 3.63) is 24.8 Å². The van der Waals surface area contributed by atoms with E-state index in [0.717, 1.165) is 5.69 Å². The lowest BCUT2D eigenvalue weighted by atomic mass is 10.4. The minimum Gasteiger partial charge on any atom is -0.451 e. The highest BCUT2D eigenvalue weighted by atomic mass is 16.3. The number of nitrogens with zero attached hydrogens (tertiary/aromatic N) is 1. The monoisotopic (exact) mass is 96.0 g/mol. The molecule has 7 heavy (non-hydrogen) atoms. The molecule has 0 bridgehead atoms. The van der Waals surface area contributed by atoms with Crippen LogP contribution >= 0.6 is 0 Å². The maximum absolute atomic E-state index is 4.66. The molecule has 1 aromatic rings. The normalized spacial score (nSPS) is 9.29. The van der Waals surface area contributed by atoms with E-state index in [2.05, 4.69) is 9.40 Å². The maximum Gasteiger partial charge on any atom is 0.180 e. The number of aromatic nitrogens is 1. The molecule has 0 saturated heterocycles. The third-order valence-electron chi connectivity index (χ3n) is 0.747. The first kappa shape index (κ1) is 4.37. The largest absolute Gasteiger partial charge is 0.451 e. The fourth-order valence-electron chi connectivity index (χ4n) is 0.364. The molecule has 0 unspecified atom stereocenters. The summed E-state index contributed by atoms with van der Waals surface area (Å²) in [5.74, 6) is 0. The second-order valence-corrected chi connectivity index (χ2v) is 1.20. The molecule has 0 aliphatic carbocycles. The van der Waals surface area contributed by atoms with Gasteiger partial charge in [-0.15, -0.1) is 0 Å². The standard InChI is InChI=1S/C5H6NO/c1-2-5-3-7-4-6-5/h2-4H,1H3. The van der Waals surface area contributed by atoms with E-state index in [0.29, 0.717) is 0 Å². The summed E-state index contributed by atoms with van der Waals surface area (Å²) in [5, 5.41) is 0. The lowest BCUT2D eigenvalue weighted by Gasteiger charge is -1.74. The van der Waals surface area contributed by atoms with E-state index in [1.165, 1.54) is 6.39 Å². The second kappa shape index (κ2) is 1.78. The zero-order chi connectivity index (χ0) is 5.11. The third-order valence-corrected chi connectivity index (χ3v) is 0.747. The van der Waals surface area contributed by atoms with Gasteiger partial charge >= 0.3 is 0 Å². The molecular formula is C5H6NO. The molecule has 0 amide bonds. The Bertz CT molecular complexity index is 123. The Morgan fingerprint density at radius 1 is 1.86 bits per heavy atom. The fraction of sp³-hybridized carbons (Fsp3) is 0.200. The maximum atomic E-state index is 4.66. The molecule has 0 aromatic carbocycles. The molecule has 1 heterocycles. The van der Waals surface area contributed by atoms with Crippen LogP contribution in [0.4, 0.5) is 0 Å². The Labute approximate surface area is 42.2 Å². The van der Waals surface area contributed by atoms with Crippen molar-refractivity contribution in [3.8, 4) is 0 Å².